The highest BCUT2D eigenvalue weighted by molar-refractivity contribution is 7.99. The molecule has 0 saturated heterocycles. The average Bonchev–Trinajstić information content (AvgIpc) is 2.62. The summed E-state index contributed by atoms with van der Waals surface area (Å²) < 4.78 is 0. The third kappa shape index (κ3) is 4.54. The van der Waals surface area contributed by atoms with Gasteiger partial charge in [-0.05, 0) is 43.7 Å². The molecule has 2 heterocycles. The summed E-state index contributed by atoms with van der Waals surface area (Å²) >= 11 is 1.66. The van der Waals surface area contributed by atoms with Crippen LogP contribution in [0.15, 0.2) is 47.6 Å². The van der Waals surface area contributed by atoms with Gasteiger partial charge in [-0.25, -0.2) is 9.78 Å². The van der Waals surface area contributed by atoms with Crippen molar-refractivity contribution in [3.8, 4) is 0 Å². The summed E-state index contributed by atoms with van der Waals surface area (Å²) in [5.74, 6) is 0.813. The van der Waals surface area contributed by atoms with Crippen LogP contribution in [0.3, 0.4) is 0 Å². The second-order valence-corrected chi connectivity index (χ2v) is 7.44. The Labute approximate surface area is 157 Å². The van der Waals surface area contributed by atoms with E-state index in [1.54, 1.807) is 22.9 Å². The fraction of sp³-hybridized carbons (Fsp3) is 0.316. The first-order chi connectivity index (χ1) is 12.5. The summed E-state index contributed by atoms with van der Waals surface area (Å²) in [6, 6.07) is 11.0. The zero-order valence-electron chi connectivity index (χ0n) is 14.9. The molecule has 1 aliphatic heterocycles. The molecule has 0 spiro atoms. The number of benzene rings is 1. The molecule has 0 unspecified atom stereocenters. The van der Waals surface area contributed by atoms with Crippen LogP contribution in [0.2, 0.25) is 0 Å². The van der Waals surface area contributed by atoms with Crippen LogP contribution in [0.25, 0.3) is 0 Å². The maximum Gasteiger partial charge on any atom is 0.326 e. The van der Waals surface area contributed by atoms with Gasteiger partial charge in [-0.2, -0.15) is 0 Å². The van der Waals surface area contributed by atoms with Crippen molar-refractivity contribution >= 4 is 35.1 Å². The van der Waals surface area contributed by atoms with Crippen molar-refractivity contribution in [3.63, 3.8) is 0 Å². The number of pyridine rings is 1. The maximum absolute atomic E-state index is 12.6. The number of hydrogen-bond acceptors (Lipinski definition) is 4. The van der Waals surface area contributed by atoms with Crippen LogP contribution in [-0.4, -0.2) is 35.3 Å². The Morgan fingerprint density at radius 3 is 2.73 bits per heavy atom. The van der Waals surface area contributed by atoms with E-state index in [-0.39, 0.29) is 18.0 Å². The van der Waals surface area contributed by atoms with Gasteiger partial charge in [0.15, 0.2) is 0 Å². The molecule has 0 atom stereocenters. The number of nitrogens with zero attached hydrogens (tertiary/aromatic N) is 2. The second-order valence-electron chi connectivity index (χ2n) is 6.35. The quantitative estimate of drug-likeness (QED) is 0.866. The van der Waals surface area contributed by atoms with Crippen LogP contribution in [0.4, 0.5) is 16.2 Å². The van der Waals surface area contributed by atoms with Gasteiger partial charge in [-0.1, -0.05) is 12.1 Å². The number of carbonyl (C=O) groups is 2. The number of aromatic nitrogens is 1. The Hall–Kier alpha value is -2.54. The normalized spacial score (nSPS) is 13.3. The minimum absolute atomic E-state index is 0.00768. The Bertz CT molecular complexity index is 792. The van der Waals surface area contributed by atoms with Crippen LogP contribution in [0, 0.1) is 0 Å². The maximum atomic E-state index is 12.6. The van der Waals surface area contributed by atoms with Gasteiger partial charge in [0.05, 0.1) is 12.1 Å². The van der Waals surface area contributed by atoms with Gasteiger partial charge in [-0.3, -0.25) is 9.69 Å². The Balaban J connectivity index is 1.63. The van der Waals surface area contributed by atoms with Gasteiger partial charge in [0.25, 0.3) is 0 Å². The van der Waals surface area contributed by atoms with Gasteiger partial charge in [0.1, 0.15) is 5.03 Å². The first kappa shape index (κ1) is 18.3. The Kier molecular flexibility index (Phi) is 5.78. The summed E-state index contributed by atoms with van der Waals surface area (Å²) in [6.45, 7) is 4.51. The number of amides is 3. The summed E-state index contributed by atoms with van der Waals surface area (Å²) in [4.78, 5) is 30.5. The van der Waals surface area contributed by atoms with Gasteiger partial charge < -0.3 is 10.6 Å². The molecule has 1 aromatic heterocycles. The number of thioether (sulfide) groups is 1. The van der Waals surface area contributed by atoms with E-state index in [1.807, 2.05) is 50.2 Å². The number of carbonyl (C=O) groups excluding carboxylic acids is 2. The molecule has 3 amide bonds. The number of urea groups is 1. The highest BCUT2D eigenvalue weighted by Gasteiger charge is 2.23. The fourth-order valence-electron chi connectivity index (χ4n) is 2.72. The van der Waals surface area contributed by atoms with Crippen molar-refractivity contribution in [3.05, 3.63) is 48.2 Å². The fourth-order valence-corrected chi connectivity index (χ4v) is 3.65. The third-order valence-corrected chi connectivity index (χ3v) is 4.83. The van der Waals surface area contributed by atoms with Gasteiger partial charge in [0.2, 0.25) is 5.91 Å². The molecular formula is C19H22N4O2S. The molecule has 1 aliphatic rings. The first-order valence-electron chi connectivity index (χ1n) is 8.57. The second kappa shape index (κ2) is 8.23. The van der Waals surface area contributed by atoms with E-state index in [2.05, 4.69) is 15.6 Å². The van der Waals surface area contributed by atoms with E-state index in [1.165, 1.54) is 0 Å². The third-order valence-electron chi connectivity index (χ3n) is 3.86. The summed E-state index contributed by atoms with van der Waals surface area (Å²) in [5, 5.41) is 6.66. The van der Waals surface area contributed by atoms with E-state index < -0.39 is 0 Å². The Morgan fingerprint density at radius 2 is 2.00 bits per heavy atom. The van der Waals surface area contributed by atoms with E-state index in [0.717, 1.165) is 22.0 Å². The molecule has 3 rings (SSSR count). The molecule has 0 fully saturated rings. The molecule has 0 aliphatic carbocycles. The standard InChI is InChI=1S/C19H22N4O2S/c1-13(2)21-17(24)12-14-5-7-15(8-6-14)22-19(25)23-10-11-26-18-16(23)4-3-9-20-18/h3-9,13H,10-12H2,1-2H3,(H,21,24)(H,22,25). The first-order valence-corrected chi connectivity index (χ1v) is 9.56. The van der Waals surface area contributed by atoms with Crippen molar-refractivity contribution in [2.24, 2.45) is 0 Å². The summed E-state index contributed by atoms with van der Waals surface area (Å²) in [7, 11) is 0. The molecule has 26 heavy (non-hydrogen) atoms. The van der Waals surface area contributed by atoms with Crippen LogP contribution < -0.4 is 15.5 Å². The molecule has 136 valence electrons. The van der Waals surface area contributed by atoms with Gasteiger partial charge >= 0.3 is 6.03 Å². The molecule has 1 aromatic carbocycles. The number of anilines is 2. The van der Waals surface area contributed by atoms with E-state index >= 15 is 0 Å². The molecule has 0 bridgehead atoms. The van der Waals surface area contributed by atoms with Crippen molar-refractivity contribution in [2.75, 3.05) is 22.5 Å². The lowest BCUT2D eigenvalue weighted by molar-refractivity contribution is -0.120. The average molecular weight is 370 g/mol. The molecule has 2 aromatic rings. The van der Waals surface area contributed by atoms with Crippen LogP contribution in [-0.2, 0) is 11.2 Å². The van der Waals surface area contributed by atoms with E-state index in [9.17, 15) is 9.59 Å². The largest absolute Gasteiger partial charge is 0.354 e. The molecule has 0 saturated carbocycles. The zero-order valence-corrected chi connectivity index (χ0v) is 15.7. The van der Waals surface area contributed by atoms with Crippen LogP contribution >= 0.6 is 11.8 Å². The number of hydrogen-bond donors (Lipinski definition) is 2. The molecule has 7 heteroatoms. The number of fused-ring (bicyclic) bond motifs is 1. The lowest BCUT2D eigenvalue weighted by Gasteiger charge is -2.28. The van der Waals surface area contributed by atoms with Crippen molar-refractivity contribution in [2.45, 2.75) is 31.3 Å². The van der Waals surface area contributed by atoms with Crippen molar-refractivity contribution in [1.29, 1.82) is 0 Å². The summed E-state index contributed by atoms with van der Waals surface area (Å²) in [5.41, 5.74) is 2.44. The number of nitrogens with one attached hydrogen (secondary N) is 2. The lowest BCUT2D eigenvalue weighted by Crippen LogP contribution is -2.38. The number of rotatable bonds is 4. The predicted octanol–water partition coefficient (Wildman–Crippen LogP) is 3.29. The molecule has 6 nitrogen and oxygen atoms in total. The smallest absolute Gasteiger partial charge is 0.326 e. The van der Waals surface area contributed by atoms with Gasteiger partial charge in [0, 0.05) is 30.2 Å². The SMILES string of the molecule is CC(C)NC(=O)Cc1ccc(NC(=O)N2CCSc3ncccc32)cc1. The minimum atomic E-state index is -0.176. The zero-order chi connectivity index (χ0) is 18.5. The minimum Gasteiger partial charge on any atom is -0.354 e. The predicted molar refractivity (Wildman–Crippen MR) is 105 cm³/mol. The van der Waals surface area contributed by atoms with Crippen molar-refractivity contribution < 1.29 is 9.59 Å². The Morgan fingerprint density at radius 1 is 1.23 bits per heavy atom. The van der Waals surface area contributed by atoms with Crippen LogP contribution in [0.1, 0.15) is 19.4 Å². The van der Waals surface area contributed by atoms with Crippen LogP contribution in [0.5, 0.6) is 0 Å². The van der Waals surface area contributed by atoms with E-state index in [4.69, 9.17) is 0 Å². The lowest BCUT2D eigenvalue weighted by atomic mass is 10.1. The van der Waals surface area contributed by atoms with Gasteiger partial charge in [-0.15, -0.1) is 11.8 Å². The molecular weight excluding hydrogens is 348 g/mol. The molecule has 0 radical (unpaired) electrons. The topological polar surface area (TPSA) is 74.3 Å². The monoisotopic (exact) mass is 370 g/mol. The molecule has 2 N–H and O–H groups in total. The van der Waals surface area contributed by atoms with Crippen molar-refractivity contribution in [1.82, 2.24) is 10.3 Å². The van der Waals surface area contributed by atoms with E-state index in [0.29, 0.717) is 18.7 Å². The summed E-state index contributed by atoms with van der Waals surface area (Å²) in [6.07, 6.45) is 2.07. The highest BCUT2D eigenvalue weighted by atomic mass is 32.2. The highest BCUT2D eigenvalue weighted by Crippen LogP contribution is 2.32.